The number of aliphatic carboxylic acids is 1. The van der Waals surface area contributed by atoms with Crippen molar-refractivity contribution in [1.82, 2.24) is 40.6 Å². The van der Waals surface area contributed by atoms with Crippen LogP contribution in [0.3, 0.4) is 0 Å². The molecule has 6 amide bonds. The van der Waals surface area contributed by atoms with Gasteiger partial charge >= 0.3 is 12.1 Å². The van der Waals surface area contributed by atoms with E-state index in [1.165, 1.54) is 28.4 Å². The zero-order valence-electron chi connectivity index (χ0n) is 33.1. The number of Topliss-reactive ketones (excluding diaryl/α,β-unsaturated/α-hetero) is 1. The summed E-state index contributed by atoms with van der Waals surface area (Å²) in [7, 11) is 1.15. The molecule has 5 atom stereocenters. The Bertz CT molecular complexity index is 1820. The van der Waals surface area contributed by atoms with E-state index < -0.39 is 96.0 Å². The van der Waals surface area contributed by atoms with E-state index >= 15 is 0 Å². The number of aromatic nitrogens is 2. The summed E-state index contributed by atoms with van der Waals surface area (Å²) in [5.41, 5.74) is 2.08. The van der Waals surface area contributed by atoms with Crippen LogP contribution in [0.5, 0.6) is 0 Å². The fourth-order valence-corrected chi connectivity index (χ4v) is 6.78. The summed E-state index contributed by atoms with van der Waals surface area (Å²) in [6, 6.07) is 2.78. The van der Waals surface area contributed by atoms with Crippen molar-refractivity contribution in [2.24, 2.45) is 11.8 Å². The maximum absolute atomic E-state index is 14.5. The third-order valence-electron chi connectivity index (χ3n) is 9.91. The topological polar surface area (TPSA) is 238 Å². The zero-order valence-corrected chi connectivity index (χ0v) is 33.1. The highest BCUT2D eigenvalue weighted by Gasteiger charge is 2.46. The van der Waals surface area contributed by atoms with Gasteiger partial charge in [-0.05, 0) is 35.8 Å². The number of hydrogen-bond acceptors (Lipinski definition) is 11. The van der Waals surface area contributed by atoms with E-state index in [1.54, 1.807) is 34.6 Å². The number of likely N-dealkylation sites (N-methyl/N-ethyl adjacent to an activating group) is 1. The van der Waals surface area contributed by atoms with E-state index in [1.807, 2.05) is 24.3 Å². The van der Waals surface area contributed by atoms with Crippen molar-refractivity contribution in [2.45, 2.75) is 97.1 Å². The van der Waals surface area contributed by atoms with Crippen LogP contribution in [0.1, 0.15) is 75.5 Å². The lowest BCUT2D eigenvalue weighted by Crippen LogP contribution is -2.60. The van der Waals surface area contributed by atoms with Gasteiger partial charge in [-0.15, -0.1) is 0 Å². The van der Waals surface area contributed by atoms with E-state index in [4.69, 9.17) is 9.84 Å². The van der Waals surface area contributed by atoms with E-state index in [9.17, 15) is 38.4 Å². The molecule has 0 bridgehead atoms. The summed E-state index contributed by atoms with van der Waals surface area (Å²) in [6.45, 7) is 8.29. The van der Waals surface area contributed by atoms with Crippen LogP contribution in [0, 0.1) is 11.8 Å². The first-order chi connectivity index (χ1) is 27.0. The molecule has 0 aliphatic carbocycles. The van der Waals surface area contributed by atoms with Crippen molar-refractivity contribution in [3.63, 3.8) is 0 Å². The monoisotopic (exact) mass is 792 g/mol. The first kappa shape index (κ1) is 43.8. The molecule has 4 rings (SSSR count). The van der Waals surface area contributed by atoms with Crippen LogP contribution in [-0.2, 0) is 46.5 Å². The van der Waals surface area contributed by atoms with Gasteiger partial charge in [0.2, 0.25) is 23.5 Å². The standard InChI is InChI=1S/C39H52N8O10/c1-7-10-27(33(50)38(55)45(6)21-30(48)49)42-35(52)29-17-26(57-39(56)46-16-13-24-11-8-9-12-25(24)19-46)20-47(29)37(54)32(23(4)5)44-36(53)31(22(2)3)43-34(51)28-18-40-14-15-41-28/h8-9,11-12,14-15,18,22-23,26-27,29,31-32H,7,10,13,16-17,19-21H2,1-6H3,(H,42,52)(H,43,51)(H,44,53)(H,48,49)/t26-,27?,29+,31-,32-/m1/s1. The average molecular weight is 793 g/mol. The number of likely N-dealkylation sites (tertiary alicyclic amines) is 1. The molecule has 1 saturated heterocycles. The molecule has 0 saturated carbocycles. The van der Waals surface area contributed by atoms with Gasteiger partial charge in [-0.25, -0.2) is 9.78 Å². The quantitative estimate of drug-likeness (QED) is 0.174. The highest BCUT2D eigenvalue weighted by molar-refractivity contribution is 6.38. The lowest BCUT2D eigenvalue weighted by atomic mass is 9.98. The Morgan fingerprint density at radius 3 is 2.25 bits per heavy atom. The van der Waals surface area contributed by atoms with Crippen LogP contribution < -0.4 is 16.0 Å². The molecule has 0 radical (unpaired) electrons. The molecule has 2 aromatic rings. The number of fused-ring (bicyclic) bond motifs is 1. The molecule has 1 aromatic carbocycles. The smallest absolute Gasteiger partial charge is 0.410 e. The molecule has 57 heavy (non-hydrogen) atoms. The summed E-state index contributed by atoms with van der Waals surface area (Å²) >= 11 is 0. The average Bonchev–Trinajstić information content (AvgIpc) is 3.61. The number of carboxylic acid groups (broad SMARTS) is 1. The number of carboxylic acids is 1. The number of nitrogens with zero attached hydrogens (tertiary/aromatic N) is 5. The number of hydrogen-bond donors (Lipinski definition) is 4. The van der Waals surface area contributed by atoms with Crippen molar-refractivity contribution in [3.8, 4) is 0 Å². The summed E-state index contributed by atoms with van der Waals surface area (Å²) in [5.74, 6) is -7.22. The summed E-state index contributed by atoms with van der Waals surface area (Å²) in [5, 5.41) is 17.1. The normalized spacial score (nSPS) is 17.8. The molecule has 18 nitrogen and oxygen atoms in total. The molecule has 0 spiro atoms. The lowest BCUT2D eigenvalue weighted by molar-refractivity contribution is -0.150. The number of benzene rings is 1. The Morgan fingerprint density at radius 2 is 1.63 bits per heavy atom. The van der Waals surface area contributed by atoms with Crippen molar-refractivity contribution in [2.75, 3.05) is 26.7 Å². The third kappa shape index (κ3) is 11.3. The van der Waals surface area contributed by atoms with Crippen molar-refractivity contribution in [3.05, 3.63) is 59.7 Å². The minimum Gasteiger partial charge on any atom is -0.480 e. The van der Waals surface area contributed by atoms with E-state index in [-0.39, 0.29) is 25.1 Å². The number of amides is 6. The van der Waals surface area contributed by atoms with Gasteiger partial charge in [0, 0.05) is 39.0 Å². The Balaban J connectivity index is 1.58. The minimum atomic E-state index is -1.34. The first-order valence-electron chi connectivity index (χ1n) is 19.0. The second-order valence-corrected chi connectivity index (χ2v) is 15.0. The van der Waals surface area contributed by atoms with Crippen molar-refractivity contribution >= 4 is 47.4 Å². The zero-order chi connectivity index (χ0) is 42.0. The highest BCUT2D eigenvalue weighted by atomic mass is 16.6. The summed E-state index contributed by atoms with van der Waals surface area (Å²) in [6.07, 6.45) is 3.24. The number of ketones is 1. The molecule has 1 fully saturated rings. The van der Waals surface area contributed by atoms with Crippen LogP contribution in [-0.4, -0.2) is 134 Å². The fourth-order valence-electron chi connectivity index (χ4n) is 6.78. The largest absolute Gasteiger partial charge is 0.480 e. The van der Waals surface area contributed by atoms with Crippen LogP contribution >= 0.6 is 0 Å². The Morgan fingerprint density at radius 1 is 0.947 bits per heavy atom. The van der Waals surface area contributed by atoms with Crippen LogP contribution in [0.25, 0.3) is 0 Å². The minimum absolute atomic E-state index is 0.0113. The number of carbonyl (C=O) groups is 8. The Hall–Kier alpha value is -5.94. The van der Waals surface area contributed by atoms with Crippen LogP contribution in [0.2, 0.25) is 0 Å². The second kappa shape index (κ2) is 19.8. The second-order valence-electron chi connectivity index (χ2n) is 15.0. The molecule has 18 heteroatoms. The number of carbonyl (C=O) groups excluding carboxylic acids is 7. The van der Waals surface area contributed by atoms with Gasteiger partial charge in [0.15, 0.2) is 0 Å². The molecular weight excluding hydrogens is 740 g/mol. The number of rotatable bonds is 16. The van der Waals surface area contributed by atoms with Gasteiger partial charge in [-0.2, -0.15) is 0 Å². The van der Waals surface area contributed by atoms with Crippen LogP contribution in [0.15, 0.2) is 42.9 Å². The summed E-state index contributed by atoms with van der Waals surface area (Å²) in [4.78, 5) is 117. The van der Waals surface area contributed by atoms with Gasteiger partial charge in [-0.1, -0.05) is 65.3 Å². The predicted molar refractivity (Wildman–Crippen MR) is 203 cm³/mol. The van der Waals surface area contributed by atoms with Gasteiger partial charge in [0.05, 0.1) is 18.8 Å². The number of nitrogens with one attached hydrogen (secondary N) is 3. The predicted octanol–water partition coefficient (Wildman–Crippen LogP) is 0.933. The van der Waals surface area contributed by atoms with Crippen molar-refractivity contribution in [1.29, 1.82) is 0 Å². The van der Waals surface area contributed by atoms with Crippen LogP contribution in [0.4, 0.5) is 4.79 Å². The van der Waals surface area contributed by atoms with E-state index in [0.717, 1.165) is 23.1 Å². The molecule has 4 N–H and O–H groups in total. The molecule has 1 unspecified atom stereocenters. The first-order valence-corrected chi connectivity index (χ1v) is 19.0. The Kier molecular flexibility index (Phi) is 15.2. The van der Waals surface area contributed by atoms with E-state index in [0.29, 0.717) is 25.9 Å². The molecule has 2 aliphatic heterocycles. The Labute approximate surface area is 331 Å². The van der Waals surface area contributed by atoms with Crippen molar-refractivity contribution < 1.29 is 48.2 Å². The molecule has 3 heterocycles. The molecule has 2 aliphatic rings. The highest BCUT2D eigenvalue weighted by Crippen LogP contribution is 2.26. The molecule has 308 valence electrons. The SMILES string of the molecule is CCCC(NC(=O)[C@@H]1C[C@@H](OC(=O)N2CCc3ccccc3C2)CN1C(=O)[C@H](NC(=O)[C@H](NC(=O)c1cnccn1)C(C)C)C(C)C)C(=O)C(=O)N(C)CC(=O)O. The molecular formula is C39H52N8O10. The molecule has 1 aromatic heterocycles. The van der Waals surface area contributed by atoms with Gasteiger partial charge in [-0.3, -0.25) is 38.5 Å². The number of ether oxygens (including phenoxy) is 1. The third-order valence-corrected chi connectivity index (χ3v) is 9.91. The maximum atomic E-state index is 14.5. The van der Waals surface area contributed by atoms with Gasteiger partial charge < -0.3 is 40.5 Å². The van der Waals surface area contributed by atoms with Gasteiger partial charge in [0.1, 0.15) is 36.5 Å². The summed E-state index contributed by atoms with van der Waals surface area (Å²) < 4.78 is 5.89. The van der Waals surface area contributed by atoms with Gasteiger partial charge in [0.25, 0.3) is 11.8 Å². The maximum Gasteiger partial charge on any atom is 0.410 e. The van der Waals surface area contributed by atoms with E-state index in [2.05, 4.69) is 25.9 Å². The fraction of sp³-hybridized carbons (Fsp3) is 0.538. The lowest BCUT2D eigenvalue weighted by Gasteiger charge is -2.32.